The smallest absolute Gasteiger partial charge is 0.0890 e. The molecule has 0 aliphatic rings. The molecule has 5 heteroatoms. The molecule has 0 aliphatic heterocycles. The van der Waals surface area contributed by atoms with Crippen molar-refractivity contribution in [2.75, 3.05) is 0 Å². The third kappa shape index (κ3) is 2.83. The van der Waals surface area contributed by atoms with E-state index in [9.17, 15) is 0 Å². The van der Waals surface area contributed by atoms with Crippen LogP contribution in [0, 0.1) is 0 Å². The van der Waals surface area contributed by atoms with E-state index in [0.29, 0.717) is 0 Å². The molecule has 0 amide bonds. The van der Waals surface area contributed by atoms with E-state index < -0.39 is 0 Å². The summed E-state index contributed by atoms with van der Waals surface area (Å²) in [5.41, 5.74) is 9.16. The Balaban J connectivity index is 1.86. The molecule has 1 unspecified atom stereocenters. The predicted octanol–water partition coefficient (Wildman–Crippen LogP) is 3.70. The molecule has 0 spiro atoms. The molecule has 0 fully saturated rings. The van der Waals surface area contributed by atoms with Gasteiger partial charge in [0.1, 0.15) is 0 Å². The fraction of sp³-hybridized carbons (Fsp3) is 0.143. The van der Waals surface area contributed by atoms with Gasteiger partial charge in [-0.15, -0.1) is 11.3 Å². The van der Waals surface area contributed by atoms with Crippen molar-refractivity contribution < 1.29 is 0 Å². The van der Waals surface area contributed by atoms with Gasteiger partial charge in [-0.25, -0.2) is 0 Å². The maximum Gasteiger partial charge on any atom is 0.0890 e. The molecular formula is C14H12BrN3S. The average molecular weight is 334 g/mol. The van der Waals surface area contributed by atoms with Crippen LogP contribution in [0.3, 0.4) is 0 Å². The lowest BCUT2D eigenvalue weighted by molar-refractivity contribution is 0.731. The molecular weight excluding hydrogens is 322 g/mol. The summed E-state index contributed by atoms with van der Waals surface area (Å²) in [5.74, 6) is 0. The molecule has 19 heavy (non-hydrogen) atoms. The highest BCUT2D eigenvalue weighted by atomic mass is 79.9. The first-order valence-corrected chi connectivity index (χ1v) is 7.59. The lowest BCUT2D eigenvalue weighted by Gasteiger charge is -2.11. The van der Waals surface area contributed by atoms with Gasteiger partial charge in [0, 0.05) is 39.6 Å². The maximum absolute atomic E-state index is 6.27. The predicted molar refractivity (Wildman–Crippen MR) is 82.2 cm³/mol. The summed E-state index contributed by atoms with van der Waals surface area (Å²) in [4.78, 5) is 9.85. The van der Waals surface area contributed by atoms with Gasteiger partial charge in [-0.3, -0.25) is 9.97 Å². The van der Waals surface area contributed by atoms with Crippen molar-refractivity contribution in [3.05, 3.63) is 57.0 Å². The van der Waals surface area contributed by atoms with Gasteiger partial charge < -0.3 is 5.73 Å². The number of benzene rings is 1. The minimum absolute atomic E-state index is 0.0167. The maximum atomic E-state index is 6.27. The number of nitrogens with zero attached hydrogens (tertiary/aromatic N) is 2. The van der Waals surface area contributed by atoms with Gasteiger partial charge in [0.05, 0.1) is 11.0 Å². The first kappa shape index (κ1) is 12.7. The summed E-state index contributed by atoms with van der Waals surface area (Å²) < 4.78 is 1.11. The van der Waals surface area contributed by atoms with Crippen LogP contribution >= 0.6 is 27.3 Å². The van der Waals surface area contributed by atoms with Crippen LogP contribution in [0.5, 0.6) is 0 Å². The second kappa shape index (κ2) is 5.36. The molecule has 3 nitrogen and oxygen atoms in total. The molecule has 2 heterocycles. The second-order valence-electron chi connectivity index (χ2n) is 4.35. The highest BCUT2D eigenvalue weighted by Gasteiger charge is 2.10. The van der Waals surface area contributed by atoms with Crippen LogP contribution in [0.15, 0.2) is 46.5 Å². The first-order chi connectivity index (χ1) is 9.22. The van der Waals surface area contributed by atoms with Crippen molar-refractivity contribution >= 4 is 38.3 Å². The zero-order valence-electron chi connectivity index (χ0n) is 10.1. The van der Waals surface area contributed by atoms with Gasteiger partial charge in [0.2, 0.25) is 0 Å². The highest BCUT2D eigenvalue weighted by molar-refractivity contribution is 9.10. The van der Waals surface area contributed by atoms with E-state index in [2.05, 4.69) is 37.3 Å². The summed E-state index contributed by atoms with van der Waals surface area (Å²) >= 11 is 5.18. The molecule has 1 atom stereocenters. The standard InChI is InChI=1S/C14H12BrN3S/c15-10-6-11(19-8-10)7-12(16)9-1-2-13-14(5-9)18-4-3-17-13/h1-6,8,12H,7,16H2. The van der Waals surface area contributed by atoms with Crippen molar-refractivity contribution in [1.29, 1.82) is 0 Å². The van der Waals surface area contributed by atoms with Gasteiger partial charge >= 0.3 is 0 Å². The van der Waals surface area contributed by atoms with E-state index in [-0.39, 0.29) is 6.04 Å². The fourth-order valence-corrected chi connectivity index (χ4v) is 3.52. The molecule has 1 aromatic carbocycles. The van der Waals surface area contributed by atoms with E-state index in [0.717, 1.165) is 27.5 Å². The fourth-order valence-electron chi connectivity index (χ4n) is 2.01. The van der Waals surface area contributed by atoms with Crippen LogP contribution in [-0.4, -0.2) is 9.97 Å². The minimum atomic E-state index is -0.0167. The number of halogens is 1. The van der Waals surface area contributed by atoms with Crippen molar-refractivity contribution in [3.63, 3.8) is 0 Å². The van der Waals surface area contributed by atoms with Gasteiger partial charge in [0.25, 0.3) is 0 Å². The zero-order chi connectivity index (χ0) is 13.2. The van der Waals surface area contributed by atoms with Crippen molar-refractivity contribution in [2.45, 2.75) is 12.5 Å². The number of rotatable bonds is 3. The SMILES string of the molecule is NC(Cc1cc(Br)cs1)c1ccc2nccnc2c1. The summed E-state index contributed by atoms with van der Waals surface area (Å²) in [6.45, 7) is 0. The number of fused-ring (bicyclic) bond motifs is 1. The number of nitrogens with two attached hydrogens (primary N) is 1. The normalized spacial score (nSPS) is 12.7. The molecule has 2 N–H and O–H groups in total. The third-order valence-electron chi connectivity index (χ3n) is 2.96. The molecule has 3 rings (SSSR count). The van der Waals surface area contributed by atoms with E-state index in [4.69, 9.17) is 5.73 Å². The number of hydrogen-bond donors (Lipinski definition) is 1. The highest BCUT2D eigenvalue weighted by Crippen LogP contribution is 2.25. The van der Waals surface area contributed by atoms with Gasteiger partial charge in [-0.05, 0) is 39.7 Å². The zero-order valence-corrected chi connectivity index (χ0v) is 12.5. The lowest BCUT2D eigenvalue weighted by atomic mass is 10.0. The largest absolute Gasteiger partial charge is 0.324 e. The molecule has 0 aliphatic carbocycles. The monoisotopic (exact) mass is 333 g/mol. The van der Waals surface area contributed by atoms with Crippen LogP contribution in [0.2, 0.25) is 0 Å². The van der Waals surface area contributed by atoms with Crippen molar-refractivity contribution in [2.24, 2.45) is 5.73 Å². The summed E-state index contributed by atoms with van der Waals surface area (Å²) in [7, 11) is 0. The summed E-state index contributed by atoms with van der Waals surface area (Å²) in [6.07, 6.45) is 4.24. The topological polar surface area (TPSA) is 51.8 Å². The Hall–Kier alpha value is -1.30. The molecule has 2 aromatic heterocycles. The van der Waals surface area contributed by atoms with E-state index >= 15 is 0 Å². The first-order valence-electron chi connectivity index (χ1n) is 5.91. The second-order valence-corrected chi connectivity index (χ2v) is 6.26. The molecule has 3 aromatic rings. The molecule has 0 radical (unpaired) electrons. The van der Waals surface area contributed by atoms with Gasteiger partial charge in [-0.1, -0.05) is 6.07 Å². The summed E-state index contributed by atoms with van der Waals surface area (Å²) in [5, 5.41) is 2.08. The average Bonchev–Trinajstić information content (AvgIpc) is 2.83. The Labute approximate surface area is 123 Å². The molecule has 0 saturated carbocycles. The van der Waals surface area contributed by atoms with Gasteiger partial charge in [-0.2, -0.15) is 0 Å². The molecule has 0 saturated heterocycles. The van der Waals surface area contributed by atoms with Crippen LogP contribution in [-0.2, 0) is 6.42 Å². The minimum Gasteiger partial charge on any atom is -0.324 e. The van der Waals surface area contributed by atoms with Crippen molar-refractivity contribution in [3.8, 4) is 0 Å². The Kier molecular flexibility index (Phi) is 3.59. The van der Waals surface area contributed by atoms with Crippen LogP contribution in [0.4, 0.5) is 0 Å². The Morgan fingerprint density at radius 1 is 1.16 bits per heavy atom. The molecule has 96 valence electrons. The quantitative estimate of drug-likeness (QED) is 0.795. The Morgan fingerprint density at radius 3 is 2.68 bits per heavy atom. The Morgan fingerprint density at radius 2 is 1.95 bits per heavy atom. The summed E-state index contributed by atoms with van der Waals surface area (Å²) in [6, 6.07) is 8.13. The molecule has 0 bridgehead atoms. The van der Waals surface area contributed by atoms with E-state index in [1.807, 2.05) is 18.2 Å². The van der Waals surface area contributed by atoms with Crippen LogP contribution in [0.1, 0.15) is 16.5 Å². The van der Waals surface area contributed by atoms with Crippen LogP contribution < -0.4 is 5.73 Å². The number of hydrogen-bond acceptors (Lipinski definition) is 4. The lowest BCUT2D eigenvalue weighted by Crippen LogP contribution is -2.12. The van der Waals surface area contributed by atoms with Crippen molar-refractivity contribution in [1.82, 2.24) is 9.97 Å². The van der Waals surface area contributed by atoms with E-state index in [1.54, 1.807) is 23.7 Å². The van der Waals surface area contributed by atoms with E-state index in [1.165, 1.54) is 4.88 Å². The van der Waals surface area contributed by atoms with Gasteiger partial charge in [0.15, 0.2) is 0 Å². The third-order valence-corrected chi connectivity index (χ3v) is 4.68. The Bertz CT molecular complexity index is 710. The number of thiophene rings is 1. The van der Waals surface area contributed by atoms with Crippen LogP contribution in [0.25, 0.3) is 11.0 Å². The number of aromatic nitrogens is 2.